The average molecular weight is 344 g/mol. The van der Waals surface area contributed by atoms with Gasteiger partial charge in [0.05, 0.1) is 0 Å². The van der Waals surface area contributed by atoms with Crippen LogP contribution in [-0.2, 0) is 17.9 Å². The monoisotopic (exact) mass is 344 g/mol. The quantitative estimate of drug-likeness (QED) is 0.900. The van der Waals surface area contributed by atoms with Crippen molar-refractivity contribution in [1.29, 1.82) is 0 Å². The second-order valence-electron chi connectivity index (χ2n) is 6.49. The molecular formula is C20H22F2N2O. The highest BCUT2D eigenvalue weighted by molar-refractivity contribution is 5.78. The van der Waals surface area contributed by atoms with Crippen LogP contribution in [0.5, 0.6) is 0 Å². The van der Waals surface area contributed by atoms with Crippen molar-refractivity contribution in [3.63, 3.8) is 0 Å². The van der Waals surface area contributed by atoms with Crippen LogP contribution < -0.4 is 5.32 Å². The van der Waals surface area contributed by atoms with E-state index in [1.165, 1.54) is 5.56 Å². The third kappa shape index (κ3) is 4.86. The van der Waals surface area contributed by atoms with Crippen molar-refractivity contribution >= 4 is 5.91 Å². The number of carbonyl (C=O) groups excluding carboxylic acids is 1. The smallest absolute Gasteiger partial charge is 0.223 e. The van der Waals surface area contributed by atoms with Gasteiger partial charge in [-0.1, -0.05) is 30.3 Å². The number of carbonyl (C=O) groups is 1. The van der Waals surface area contributed by atoms with Crippen LogP contribution in [-0.4, -0.2) is 23.9 Å². The first kappa shape index (κ1) is 17.5. The second kappa shape index (κ2) is 8.21. The lowest BCUT2D eigenvalue weighted by Crippen LogP contribution is -2.40. The van der Waals surface area contributed by atoms with E-state index in [0.717, 1.165) is 50.7 Å². The molecule has 0 unspecified atom stereocenters. The molecule has 1 saturated heterocycles. The number of halogens is 2. The Morgan fingerprint density at radius 3 is 2.52 bits per heavy atom. The van der Waals surface area contributed by atoms with Gasteiger partial charge < -0.3 is 5.32 Å². The van der Waals surface area contributed by atoms with Crippen LogP contribution in [0.3, 0.4) is 0 Å². The molecule has 0 aliphatic carbocycles. The zero-order valence-electron chi connectivity index (χ0n) is 14.1. The summed E-state index contributed by atoms with van der Waals surface area (Å²) < 4.78 is 26.8. The summed E-state index contributed by atoms with van der Waals surface area (Å²) in [4.78, 5) is 14.6. The number of nitrogens with zero attached hydrogens (tertiary/aromatic N) is 1. The zero-order valence-corrected chi connectivity index (χ0v) is 14.1. The van der Waals surface area contributed by atoms with Gasteiger partial charge in [0.25, 0.3) is 0 Å². The molecule has 1 fully saturated rings. The number of benzene rings is 2. The molecule has 2 aromatic rings. The summed E-state index contributed by atoms with van der Waals surface area (Å²) in [5.41, 5.74) is 1.45. The zero-order chi connectivity index (χ0) is 17.6. The fourth-order valence-electron chi connectivity index (χ4n) is 3.20. The maximum absolute atomic E-state index is 13.6. The first-order valence-electron chi connectivity index (χ1n) is 8.60. The Balaban J connectivity index is 1.46. The molecule has 0 aromatic heterocycles. The van der Waals surface area contributed by atoms with E-state index < -0.39 is 11.6 Å². The van der Waals surface area contributed by atoms with Gasteiger partial charge in [-0.25, -0.2) is 8.78 Å². The molecule has 0 bridgehead atoms. The lowest BCUT2D eigenvalue weighted by atomic mass is 9.95. The molecule has 0 radical (unpaired) electrons. The molecular weight excluding hydrogens is 322 g/mol. The number of nitrogens with one attached hydrogen (secondary N) is 1. The highest BCUT2D eigenvalue weighted by atomic mass is 19.1. The highest BCUT2D eigenvalue weighted by Gasteiger charge is 2.24. The largest absolute Gasteiger partial charge is 0.352 e. The molecule has 2 aromatic carbocycles. The standard InChI is InChI=1S/C20H22F2N2O/c21-18-6-7-19(22)17(12-18)13-23-20(25)16-8-10-24(11-9-16)14-15-4-2-1-3-5-15/h1-7,12,16H,8-11,13-14H2,(H,23,25). The van der Waals surface area contributed by atoms with E-state index in [4.69, 9.17) is 0 Å². The number of hydrogen-bond acceptors (Lipinski definition) is 2. The number of piperidine rings is 1. The number of likely N-dealkylation sites (tertiary alicyclic amines) is 1. The van der Waals surface area contributed by atoms with Crippen LogP contribution in [0.2, 0.25) is 0 Å². The van der Waals surface area contributed by atoms with Crippen LogP contribution in [0.1, 0.15) is 24.0 Å². The summed E-state index contributed by atoms with van der Waals surface area (Å²) in [6.07, 6.45) is 1.56. The van der Waals surface area contributed by atoms with Crippen molar-refractivity contribution in [1.82, 2.24) is 10.2 Å². The lowest BCUT2D eigenvalue weighted by molar-refractivity contribution is -0.126. The third-order valence-corrected chi connectivity index (χ3v) is 4.67. The molecule has 1 heterocycles. The molecule has 1 aliphatic heterocycles. The minimum Gasteiger partial charge on any atom is -0.352 e. The van der Waals surface area contributed by atoms with Gasteiger partial charge in [-0.3, -0.25) is 9.69 Å². The van der Waals surface area contributed by atoms with Gasteiger partial charge in [-0.05, 0) is 49.7 Å². The molecule has 3 nitrogen and oxygen atoms in total. The predicted molar refractivity (Wildman–Crippen MR) is 92.6 cm³/mol. The van der Waals surface area contributed by atoms with Gasteiger partial charge in [-0.2, -0.15) is 0 Å². The van der Waals surface area contributed by atoms with Gasteiger partial charge in [0.15, 0.2) is 0 Å². The molecule has 1 amide bonds. The Morgan fingerprint density at radius 2 is 1.80 bits per heavy atom. The molecule has 25 heavy (non-hydrogen) atoms. The van der Waals surface area contributed by atoms with E-state index in [0.29, 0.717) is 0 Å². The van der Waals surface area contributed by atoms with Crippen molar-refractivity contribution < 1.29 is 13.6 Å². The van der Waals surface area contributed by atoms with Gasteiger partial charge in [-0.15, -0.1) is 0 Å². The molecule has 1 aliphatic rings. The van der Waals surface area contributed by atoms with Crippen LogP contribution in [0, 0.1) is 17.6 Å². The van der Waals surface area contributed by atoms with Crippen LogP contribution in [0.4, 0.5) is 8.78 Å². The van der Waals surface area contributed by atoms with Crippen molar-refractivity contribution in [3.8, 4) is 0 Å². The normalized spacial score (nSPS) is 15.9. The fourth-order valence-corrected chi connectivity index (χ4v) is 3.20. The van der Waals surface area contributed by atoms with Crippen molar-refractivity contribution in [2.45, 2.75) is 25.9 Å². The SMILES string of the molecule is O=C(NCc1cc(F)ccc1F)C1CCN(Cc2ccccc2)CC1. The summed E-state index contributed by atoms with van der Waals surface area (Å²) in [7, 11) is 0. The van der Waals surface area contributed by atoms with E-state index in [2.05, 4.69) is 22.3 Å². The Bertz CT molecular complexity index is 713. The molecule has 3 rings (SSSR count). The molecule has 0 saturated carbocycles. The second-order valence-corrected chi connectivity index (χ2v) is 6.49. The first-order valence-corrected chi connectivity index (χ1v) is 8.60. The maximum atomic E-state index is 13.6. The van der Waals surface area contributed by atoms with Crippen LogP contribution >= 0.6 is 0 Å². The van der Waals surface area contributed by atoms with Gasteiger partial charge in [0.1, 0.15) is 11.6 Å². The van der Waals surface area contributed by atoms with E-state index >= 15 is 0 Å². The Morgan fingerprint density at radius 1 is 1.08 bits per heavy atom. The highest BCUT2D eigenvalue weighted by Crippen LogP contribution is 2.19. The van der Waals surface area contributed by atoms with Crippen LogP contribution in [0.15, 0.2) is 48.5 Å². The molecule has 1 N–H and O–H groups in total. The topological polar surface area (TPSA) is 32.3 Å². The third-order valence-electron chi connectivity index (χ3n) is 4.67. The number of amides is 1. The van der Waals surface area contributed by atoms with Crippen molar-refractivity contribution in [3.05, 3.63) is 71.3 Å². The summed E-state index contributed by atoms with van der Waals surface area (Å²) in [5, 5.41) is 2.74. The molecule has 0 atom stereocenters. The van der Waals surface area contributed by atoms with E-state index in [9.17, 15) is 13.6 Å². The lowest BCUT2D eigenvalue weighted by Gasteiger charge is -2.31. The fraction of sp³-hybridized carbons (Fsp3) is 0.350. The summed E-state index contributed by atoms with van der Waals surface area (Å²) >= 11 is 0. The molecule has 132 valence electrons. The summed E-state index contributed by atoms with van der Waals surface area (Å²) in [6, 6.07) is 13.5. The molecule has 0 spiro atoms. The maximum Gasteiger partial charge on any atom is 0.223 e. The first-order chi connectivity index (χ1) is 12.1. The summed E-state index contributed by atoms with van der Waals surface area (Å²) in [6.45, 7) is 2.64. The van der Waals surface area contributed by atoms with Crippen LogP contribution in [0.25, 0.3) is 0 Å². The Kier molecular flexibility index (Phi) is 5.76. The molecule has 5 heteroatoms. The van der Waals surface area contributed by atoms with Crippen molar-refractivity contribution in [2.75, 3.05) is 13.1 Å². The number of hydrogen-bond donors (Lipinski definition) is 1. The van der Waals surface area contributed by atoms with E-state index in [-0.39, 0.29) is 23.9 Å². The van der Waals surface area contributed by atoms with Gasteiger partial charge in [0, 0.05) is 24.6 Å². The van der Waals surface area contributed by atoms with E-state index in [1.54, 1.807) is 0 Å². The van der Waals surface area contributed by atoms with Gasteiger partial charge >= 0.3 is 0 Å². The minimum absolute atomic E-state index is 0.0205. The number of rotatable bonds is 5. The average Bonchev–Trinajstić information content (AvgIpc) is 2.64. The van der Waals surface area contributed by atoms with E-state index in [1.807, 2.05) is 18.2 Å². The Hall–Kier alpha value is -2.27. The predicted octanol–water partition coefficient (Wildman–Crippen LogP) is 3.49. The Labute approximate surface area is 146 Å². The van der Waals surface area contributed by atoms with Crippen molar-refractivity contribution in [2.24, 2.45) is 5.92 Å². The summed E-state index contributed by atoms with van der Waals surface area (Å²) in [5.74, 6) is -1.15. The minimum atomic E-state index is -0.501. The van der Waals surface area contributed by atoms with Gasteiger partial charge in [0.2, 0.25) is 5.91 Å².